The van der Waals surface area contributed by atoms with Crippen molar-refractivity contribution in [2.45, 2.75) is 46.1 Å². The van der Waals surface area contributed by atoms with E-state index in [-0.39, 0.29) is 0 Å². The molecule has 3 heteroatoms. The van der Waals surface area contributed by atoms with Crippen molar-refractivity contribution in [3.05, 3.63) is 59.6 Å². The van der Waals surface area contributed by atoms with Gasteiger partial charge in [-0.15, -0.1) is 0 Å². The molecule has 0 spiro atoms. The lowest BCUT2D eigenvalue weighted by molar-refractivity contribution is 0.305. The Bertz CT molecular complexity index is 788. The number of hydrogen-bond acceptors (Lipinski definition) is 3. The van der Waals surface area contributed by atoms with Gasteiger partial charge >= 0.3 is 0 Å². The lowest BCUT2D eigenvalue weighted by Crippen LogP contribution is -2.02. The summed E-state index contributed by atoms with van der Waals surface area (Å²) in [4.78, 5) is 4.05. The maximum Gasteiger partial charge on any atom is 0.141 e. The van der Waals surface area contributed by atoms with Gasteiger partial charge in [0, 0.05) is 12.4 Å². The third-order valence-corrected chi connectivity index (χ3v) is 4.12. The number of benzene rings is 1. The highest BCUT2D eigenvalue weighted by Crippen LogP contribution is 2.40. The molecule has 0 fully saturated rings. The zero-order chi connectivity index (χ0) is 16.4. The molecule has 0 atom stereocenters. The average molecular weight is 309 g/mol. The van der Waals surface area contributed by atoms with Gasteiger partial charge in [0.25, 0.3) is 0 Å². The van der Waals surface area contributed by atoms with Gasteiger partial charge in [0.15, 0.2) is 0 Å². The van der Waals surface area contributed by atoms with E-state index in [2.05, 4.69) is 38.7 Å². The van der Waals surface area contributed by atoms with E-state index >= 15 is 0 Å². The minimum atomic E-state index is 0.388. The summed E-state index contributed by atoms with van der Waals surface area (Å²) in [6, 6.07) is 8.20. The first kappa shape index (κ1) is 15.6. The standard InChI is InChI=1S/C20H23NO2/c1-13(2)17-11-18(14(3)4)20(16-7-10-22-19(16)17)23-12-15-5-8-21-9-6-15/h5-11,13-14H,12H2,1-4H3. The van der Waals surface area contributed by atoms with Gasteiger partial charge in [-0.1, -0.05) is 27.7 Å². The van der Waals surface area contributed by atoms with Crippen LogP contribution in [0.1, 0.15) is 56.2 Å². The Balaban J connectivity index is 2.05. The molecule has 3 rings (SSSR count). The number of hydrogen-bond donors (Lipinski definition) is 0. The van der Waals surface area contributed by atoms with Gasteiger partial charge in [0.05, 0.1) is 11.6 Å². The first-order valence-corrected chi connectivity index (χ1v) is 8.13. The maximum atomic E-state index is 6.20. The van der Waals surface area contributed by atoms with E-state index in [4.69, 9.17) is 9.15 Å². The molecule has 0 amide bonds. The summed E-state index contributed by atoms with van der Waals surface area (Å²) < 4.78 is 12.0. The van der Waals surface area contributed by atoms with Gasteiger partial charge in [-0.05, 0) is 52.8 Å². The van der Waals surface area contributed by atoms with E-state index in [0.717, 1.165) is 22.3 Å². The topological polar surface area (TPSA) is 35.3 Å². The molecule has 0 aliphatic carbocycles. The Morgan fingerprint density at radius 1 is 1.00 bits per heavy atom. The summed E-state index contributed by atoms with van der Waals surface area (Å²) >= 11 is 0. The van der Waals surface area contributed by atoms with Crippen molar-refractivity contribution in [3.63, 3.8) is 0 Å². The molecule has 2 heterocycles. The number of pyridine rings is 1. The monoisotopic (exact) mass is 309 g/mol. The molecule has 0 aliphatic rings. The van der Waals surface area contributed by atoms with E-state index in [1.807, 2.05) is 18.2 Å². The van der Waals surface area contributed by atoms with Gasteiger partial charge in [0.2, 0.25) is 0 Å². The molecule has 0 aliphatic heterocycles. The molecular weight excluding hydrogens is 286 g/mol. The van der Waals surface area contributed by atoms with Crippen molar-refractivity contribution in [3.8, 4) is 5.75 Å². The van der Waals surface area contributed by atoms with Crippen LogP contribution in [-0.2, 0) is 6.61 Å². The molecular formula is C20H23NO2. The number of nitrogens with zero attached hydrogens (tertiary/aromatic N) is 1. The molecule has 0 unspecified atom stereocenters. The molecule has 3 aromatic rings. The minimum absolute atomic E-state index is 0.388. The van der Waals surface area contributed by atoms with Gasteiger partial charge in [-0.3, -0.25) is 4.98 Å². The number of rotatable bonds is 5. The van der Waals surface area contributed by atoms with Crippen LogP contribution in [0, 0.1) is 0 Å². The fourth-order valence-corrected chi connectivity index (χ4v) is 2.82. The summed E-state index contributed by atoms with van der Waals surface area (Å²) in [6.45, 7) is 9.32. The van der Waals surface area contributed by atoms with Crippen molar-refractivity contribution in [2.75, 3.05) is 0 Å². The summed E-state index contributed by atoms with van der Waals surface area (Å²) in [6.07, 6.45) is 5.33. The van der Waals surface area contributed by atoms with Crippen LogP contribution in [0.25, 0.3) is 11.0 Å². The van der Waals surface area contributed by atoms with Crippen LogP contribution in [0.5, 0.6) is 5.75 Å². The zero-order valence-electron chi connectivity index (χ0n) is 14.2. The average Bonchev–Trinajstić information content (AvgIpc) is 3.02. The second kappa shape index (κ2) is 6.45. The highest BCUT2D eigenvalue weighted by Gasteiger charge is 2.19. The lowest BCUT2D eigenvalue weighted by Gasteiger charge is -2.18. The van der Waals surface area contributed by atoms with Crippen LogP contribution in [0.2, 0.25) is 0 Å². The van der Waals surface area contributed by atoms with Gasteiger partial charge < -0.3 is 9.15 Å². The highest BCUT2D eigenvalue weighted by atomic mass is 16.5. The Hall–Kier alpha value is -2.29. The Morgan fingerprint density at radius 3 is 2.35 bits per heavy atom. The Morgan fingerprint density at radius 2 is 1.70 bits per heavy atom. The molecule has 0 saturated carbocycles. The van der Waals surface area contributed by atoms with Crippen molar-refractivity contribution in [1.82, 2.24) is 4.98 Å². The predicted molar refractivity (Wildman–Crippen MR) is 93.0 cm³/mol. The molecule has 0 bridgehead atoms. The van der Waals surface area contributed by atoms with E-state index < -0.39 is 0 Å². The van der Waals surface area contributed by atoms with Crippen molar-refractivity contribution in [2.24, 2.45) is 0 Å². The molecule has 120 valence electrons. The maximum absolute atomic E-state index is 6.20. The summed E-state index contributed by atoms with van der Waals surface area (Å²) in [5, 5.41) is 1.06. The quantitative estimate of drug-likeness (QED) is 0.610. The van der Waals surface area contributed by atoms with E-state index in [0.29, 0.717) is 18.4 Å². The SMILES string of the molecule is CC(C)c1cc(C(C)C)c2occc2c1OCc1ccncc1. The Labute approximate surface area is 137 Å². The molecule has 0 saturated heterocycles. The first-order valence-electron chi connectivity index (χ1n) is 8.13. The second-order valence-electron chi connectivity index (χ2n) is 6.50. The summed E-state index contributed by atoms with van der Waals surface area (Å²) in [7, 11) is 0. The van der Waals surface area contributed by atoms with E-state index in [1.54, 1.807) is 18.7 Å². The van der Waals surface area contributed by atoms with Crippen molar-refractivity contribution >= 4 is 11.0 Å². The van der Waals surface area contributed by atoms with E-state index in [9.17, 15) is 0 Å². The molecule has 0 radical (unpaired) electrons. The van der Waals surface area contributed by atoms with Crippen LogP contribution in [0.15, 0.2) is 47.3 Å². The zero-order valence-corrected chi connectivity index (χ0v) is 14.2. The second-order valence-corrected chi connectivity index (χ2v) is 6.50. The lowest BCUT2D eigenvalue weighted by atomic mass is 9.92. The third kappa shape index (κ3) is 3.09. The number of ether oxygens (including phenoxy) is 1. The fourth-order valence-electron chi connectivity index (χ4n) is 2.82. The molecule has 2 aromatic heterocycles. The van der Waals surface area contributed by atoms with Gasteiger partial charge in [-0.25, -0.2) is 0 Å². The molecule has 1 aromatic carbocycles. The molecule has 23 heavy (non-hydrogen) atoms. The predicted octanol–water partition coefficient (Wildman–Crippen LogP) is 5.65. The van der Waals surface area contributed by atoms with Crippen LogP contribution in [0.4, 0.5) is 0 Å². The van der Waals surface area contributed by atoms with Gasteiger partial charge in [-0.2, -0.15) is 0 Å². The van der Waals surface area contributed by atoms with Crippen LogP contribution in [-0.4, -0.2) is 4.98 Å². The largest absolute Gasteiger partial charge is 0.488 e. The van der Waals surface area contributed by atoms with Crippen LogP contribution < -0.4 is 4.74 Å². The number of fused-ring (bicyclic) bond motifs is 1. The van der Waals surface area contributed by atoms with Gasteiger partial charge in [0.1, 0.15) is 17.9 Å². The summed E-state index contributed by atoms with van der Waals surface area (Å²) in [5.41, 5.74) is 4.52. The van der Waals surface area contributed by atoms with Crippen LogP contribution >= 0.6 is 0 Å². The van der Waals surface area contributed by atoms with Crippen molar-refractivity contribution < 1.29 is 9.15 Å². The normalized spacial score (nSPS) is 11.6. The first-order chi connectivity index (χ1) is 11.1. The molecule has 0 N–H and O–H groups in total. The van der Waals surface area contributed by atoms with E-state index in [1.165, 1.54) is 11.1 Å². The number of aromatic nitrogens is 1. The van der Waals surface area contributed by atoms with Crippen molar-refractivity contribution in [1.29, 1.82) is 0 Å². The number of furan rings is 1. The highest BCUT2D eigenvalue weighted by molar-refractivity contribution is 5.89. The smallest absolute Gasteiger partial charge is 0.141 e. The fraction of sp³-hybridized carbons (Fsp3) is 0.350. The minimum Gasteiger partial charge on any atom is -0.488 e. The third-order valence-electron chi connectivity index (χ3n) is 4.12. The molecule has 3 nitrogen and oxygen atoms in total. The Kier molecular flexibility index (Phi) is 4.37. The van der Waals surface area contributed by atoms with Crippen LogP contribution in [0.3, 0.4) is 0 Å². The summed E-state index contributed by atoms with van der Waals surface area (Å²) in [5.74, 6) is 1.74.